The van der Waals surface area contributed by atoms with E-state index in [0.717, 1.165) is 22.7 Å². The molecule has 0 aliphatic heterocycles. The van der Waals surface area contributed by atoms with Crippen LogP contribution in [0.25, 0.3) is 61.1 Å². The van der Waals surface area contributed by atoms with Crippen LogP contribution in [0, 0.1) is 0 Å². The maximum absolute atomic E-state index is 2.40. The summed E-state index contributed by atoms with van der Waals surface area (Å²) in [6.45, 7) is 4.70. The van der Waals surface area contributed by atoms with Crippen molar-refractivity contribution in [2.75, 3.05) is 4.90 Å². The number of para-hydroxylation sites is 2. The monoisotopic (exact) mass is 704 g/mol. The molecular weight excluding hydrogens is 665 g/mol. The van der Waals surface area contributed by atoms with Gasteiger partial charge in [0.15, 0.2) is 0 Å². The van der Waals surface area contributed by atoms with Crippen LogP contribution in [0.1, 0.15) is 25.0 Å². The second kappa shape index (κ2) is 13.2. The first-order valence-corrected chi connectivity index (χ1v) is 19.1. The highest BCUT2D eigenvalue weighted by molar-refractivity contribution is 5.97. The zero-order valence-corrected chi connectivity index (χ0v) is 31.0. The largest absolute Gasteiger partial charge is 0.316 e. The summed E-state index contributed by atoms with van der Waals surface area (Å²) in [5, 5.41) is 1.25. The predicted octanol–water partition coefficient (Wildman–Crippen LogP) is 14.4. The van der Waals surface area contributed by atoms with Gasteiger partial charge in [-0.05, 0) is 105 Å². The summed E-state index contributed by atoms with van der Waals surface area (Å²) in [6.07, 6.45) is 2.27. The van der Waals surface area contributed by atoms with Gasteiger partial charge in [0, 0.05) is 45.3 Å². The third-order valence-electron chi connectivity index (χ3n) is 11.5. The number of hydrogen-bond donors (Lipinski definition) is 0. The molecule has 262 valence electrons. The van der Waals surface area contributed by atoms with E-state index in [2.05, 4.69) is 230 Å². The van der Waals surface area contributed by atoms with Gasteiger partial charge in [-0.3, -0.25) is 0 Å². The van der Waals surface area contributed by atoms with E-state index in [1.807, 2.05) is 0 Å². The minimum Gasteiger partial charge on any atom is -0.316 e. The molecule has 0 amide bonds. The van der Waals surface area contributed by atoms with E-state index < -0.39 is 0 Å². The highest BCUT2D eigenvalue weighted by Crippen LogP contribution is 2.50. The first-order chi connectivity index (χ1) is 27.0. The minimum atomic E-state index is -0.0861. The van der Waals surface area contributed by atoms with Crippen molar-refractivity contribution in [1.29, 1.82) is 0 Å². The van der Waals surface area contributed by atoms with Crippen LogP contribution in [0.3, 0.4) is 0 Å². The number of benzene rings is 8. The van der Waals surface area contributed by atoms with Crippen molar-refractivity contribution in [3.63, 3.8) is 0 Å². The molecule has 0 unspecified atom stereocenters. The maximum atomic E-state index is 2.40. The lowest BCUT2D eigenvalue weighted by atomic mass is 9.82. The van der Waals surface area contributed by atoms with E-state index in [9.17, 15) is 0 Å². The van der Waals surface area contributed by atoms with Crippen LogP contribution in [0.2, 0.25) is 0 Å². The number of anilines is 3. The summed E-state index contributed by atoms with van der Waals surface area (Å²) in [6, 6.07) is 72.7. The van der Waals surface area contributed by atoms with Gasteiger partial charge >= 0.3 is 0 Å². The van der Waals surface area contributed by atoms with Crippen molar-refractivity contribution in [2.24, 2.45) is 0 Å². The van der Waals surface area contributed by atoms with Crippen LogP contribution in [-0.4, -0.2) is 4.57 Å². The Morgan fingerprint density at radius 1 is 0.382 bits per heavy atom. The van der Waals surface area contributed by atoms with Gasteiger partial charge in [-0.25, -0.2) is 0 Å². The first kappa shape index (κ1) is 32.7. The van der Waals surface area contributed by atoms with Crippen molar-refractivity contribution in [1.82, 2.24) is 4.57 Å². The first-order valence-electron chi connectivity index (χ1n) is 19.1. The lowest BCUT2D eigenvalue weighted by Crippen LogP contribution is -2.16. The Morgan fingerprint density at radius 2 is 0.873 bits per heavy atom. The molecule has 1 aliphatic carbocycles. The standard InChI is InChI=1S/C53H40N2/c1-53(2)50-19-11-9-17-46(50)47-34-33-45(35-51(47)53)55(43-29-25-39(26-30-43)37-13-5-3-6-14-37)44-31-27-40(28-32-44)38-21-23-41(24-22-38)49-36-54(42-15-7-4-8-16-42)52-20-12-10-18-48(49)52/h3-36H,1-2H3. The lowest BCUT2D eigenvalue weighted by Gasteiger charge is -2.28. The molecule has 9 aromatic rings. The predicted molar refractivity (Wildman–Crippen MR) is 232 cm³/mol. The molecule has 10 rings (SSSR count). The van der Waals surface area contributed by atoms with E-state index in [1.165, 1.54) is 66.5 Å². The highest BCUT2D eigenvalue weighted by atomic mass is 15.1. The van der Waals surface area contributed by atoms with Crippen LogP contribution in [0.4, 0.5) is 17.1 Å². The molecule has 2 nitrogen and oxygen atoms in total. The molecule has 0 fully saturated rings. The van der Waals surface area contributed by atoms with E-state index >= 15 is 0 Å². The number of hydrogen-bond acceptors (Lipinski definition) is 1. The van der Waals surface area contributed by atoms with Crippen LogP contribution in [0.15, 0.2) is 206 Å². The number of fused-ring (bicyclic) bond motifs is 4. The third-order valence-corrected chi connectivity index (χ3v) is 11.5. The molecule has 55 heavy (non-hydrogen) atoms. The van der Waals surface area contributed by atoms with Crippen molar-refractivity contribution in [2.45, 2.75) is 19.3 Å². The van der Waals surface area contributed by atoms with Crippen LogP contribution < -0.4 is 4.90 Å². The van der Waals surface area contributed by atoms with Gasteiger partial charge in [-0.2, -0.15) is 0 Å². The summed E-state index contributed by atoms with van der Waals surface area (Å²) in [5.74, 6) is 0. The summed E-state index contributed by atoms with van der Waals surface area (Å²) < 4.78 is 2.29. The van der Waals surface area contributed by atoms with Gasteiger partial charge in [-0.15, -0.1) is 0 Å². The second-order valence-corrected chi connectivity index (χ2v) is 15.0. The lowest BCUT2D eigenvalue weighted by molar-refractivity contribution is 0.660. The fraction of sp³-hybridized carbons (Fsp3) is 0.0566. The summed E-state index contributed by atoms with van der Waals surface area (Å²) in [7, 11) is 0. The van der Waals surface area contributed by atoms with E-state index in [1.54, 1.807) is 0 Å². The quantitative estimate of drug-likeness (QED) is 0.160. The molecule has 1 aromatic heterocycles. The second-order valence-electron chi connectivity index (χ2n) is 15.0. The minimum absolute atomic E-state index is 0.0861. The van der Waals surface area contributed by atoms with Crippen molar-refractivity contribution in [3.8, 4) is 50.2 Å². The Hall–Kier alpha value is -6.90. The summed E-state index contributed by atoms with van der Waals surface area (Å²) >= 11 is 0. The third kappa shape index (κ3) is 5.66. The number of aromatic nitrogens is 1. The Labute approximate surface area is 323 Å². The molecule has 0 radical (unpaired) electrons. The fourth-order valence-corrected chi connectivity index (χ4v) is 8.57. The van der Waals surface area contributed by atoms with E-state index in [4.69, 9.17) is 0 Å². The van der Waals surface area contributed by atoms with Crippen molar-refractivity contribution >= 4 is 28.0 Å². The molecule has 2 heteroatoms. The zero-order valence-electron chi connectivity index (χ0n) is 31.0. The van der Waals surface area contributed by atoms with Gasteiger partial charge in [0.2, 0.25) is 0 Å². The van der Waals surface area contributed by atoms with E-state index in [0.29, 0.717) is 0 Å². The van der Waals surface area contributed by atoms with Crippen molar-refractivity contribution in [3.05, 3.63) is 218 Å². The Bertz CT molecular complexity index is 2790. The molecule has 0 bridgehead atoms. The van der Waals surface area contributed by atoms with Crippen LogP contribution in [-0.2, 0) is 5.41 Å². The zero-order chi connectivity index (χ0) is 36.9. The van der Waals surface area contributed by atoms with Gasteiger partial charge in [0.25, 0.3) is 0 Å². The Morgan fingerprint density at radius 3 is 1.55 bits per heavy atom. The van der Waals surface area contributed by atoms with Gasteiger partial charge in [0.05, 0.1) is 5.52 Å². The Kier molecular flexibility index (Phi) is 7.85. The molecule has 8 aromatic carbocycles. The molecular formula is C53H40N2. The number of nitrogens with zero attached hydrogens (tertiary/aromatic N) is 2. The molecule has 0 saturated carbocycles. The molecule has 1 aliphatic rings. The van der Waals surface area contributed by atoms with E-state index in [-0.39, 0.29) is 5.41 Å². The Balaban J connectivity index is 1.00. The van der Waals surface area contributed by atoms with Gasteiger partial charge in [-0.1, -0.05) is 159 Å². The smallest absolute Gasteiger partial charge is 0.0534 e. The number of rotatable bonds is 7. The average Bonchev–Trinajstić information content (AvgIpc) is 3.75. The SMILES string of the molecule is CC1(C)c2ccccc2-c2ccc(N(c3ccc(-c4ccccc4)cc3)c3ccc(-c4ccc(-c5cn(-c6ccccc6)c6ccccc56)cc4)cc3)cc21. The molecule has 1 heterocycles. The normalized spacial score (nSPS) is 12.7. The molecule has 0 spiro atoms. The fourth-order valence-electron chi connectivity index (χ4n) is 8.57. The summed E-state index contributed by atoms with van der Waals surface area (Å²) in [5.41, 5.74) is 18.3. The topological polar surface area (TPSA) is 8.17 Å². The molecule has 0 saturated heterocycles. The van der Waals surface area contributed by atoms with Gasteiger partial charge in [0.1, 0.15) is 0 Å². The summed E-state index contributed by atoms with van der Waals surface area (Å²) in [4.78, 5) is 2.39. The molecule has 0 atom stereocenters. The average molecular weight is 705 g/mol. The highest BCUT2D eigenvalue weighted by Gasteiger charge is 2.35. The van der Waals surface area contributed by atoms with Crippen LogP contribution in [0.5, 0.6) is 0 Å². The maximum Gasteiger partial charge on any atom is 0.0534 e. The van der Waals surface area contributed by atoms with Crippen molar-refractivity contribution < 1.29 is 0 Å². The van der Waals surface area contributed by atoms with Gasteiger partial charge < -0.3 is 9.47 Å². The molecule has 0 N–H and O–H groups in total. The van der Waals surface area contributed by atoms with Crippen LogP contribution >= 0.6 is 0 Å².